The van der Waals surface area contributed by atoms with Crippen LogP contribution in [-0.4, -0.2) is 36.3 Å². The molecule has 1 aliphatic carbocycles. The van der Waals surface area contributed by atoms with E-state index in [2.05, 4.69) is 76.7 Å². The zero-order valence-corrected chi connectivity index (χ0v) is 16.6. The van der Waals surface area contributed by atoms with Crippen LogP contribution in [0.4, 0.5) is 17.3 Å². The summed E-state index contributed by atoms with van der Waals surface area (Å²) in [7, 11) is 0. The van der Waals surface area contributed by atoms with Gasteiger partial charge in [-0.25, -0.2) is 9.97 Å². The summed E-state index contributed by atoms with van der Waals surface area (Å²) >= 11 is 0. The van der Waals surface area contributed by atoms with E-state index in [1.807, 2.05) is 6.20 Å². The van der Waals surface area contributed by atoms with Crippen molar-refractivity contribution >= 4 is 29.0 Å². The van der Waals surface area contributed by atoms with Crippen LogP contribution >= 0.6 is 0 Å². The van der Waals surface area contributed by atoms with E-state index >= 15 is 0 Å². The summed E-state index contributed by atoms with van der Waals surface area (Å²) in [6.07, 6.45) is 5.01. The highest BCUT2D eigenvalue weighted by molar-refractivity contribution is 5.88. The van der Waals surface area contributed by atoms with Crippen molar-refractivity contribution in [1.82, 2.24) is 9.97 Å². The lowest BCUT2D eigenvalue weighted by Gasteiger charge is -2.29. The van der Waals surface area contributed by atoms with E-state index in [0.717, 1.165) is 44.1 Å². The Morgan fingerprint density at radius 1 is 1.03 bits per heavy atom. The van der Waals surface area contributed by atoms with Crippen LogP contribution in [0.15, 0.2) is 54.7 Å². The Morgan fingerprint density at radius 2 is 1.90 bits per heavy atom. The summed E-state index contributed by atoms with van der Waals surface area (Å²) in [6.45, 7) is 5.55. The number of fused-ring (bicyclic) bond motifs is 1. The van der Waals surface area contributed by atoms with Crippen molar-refractivity contribution in [2.45, 2.75) is 13.3 Å². The maximum Gasteiger partial charge on any atom is 0.227 e. The van der Waals surface area contributed by atoms with Crippen LogP contribution in [0.1, 0.15) is 22.4 Å². The predicted octanol–water partition coefficient (Wildman–Crippen LogP) is 4.46. The number of anilines is 3. The lowest BCUT2D eigenvalue weighted by Crippen LogP contribution is -2.36. The van der Waals surface area contributed by atoms with Crippen LogP contribution < -0.4 is 10.2 Å². The third kappa shape index (κ3) is 3.74. The van der Waals surface area contributed by atoms with Gasteiger partial charge in [-0.2, -0.15) is 0 Å². The molecule has 2 aliphatic rings. The number of hydrogen-bond donors (Lipinski definition) is 1. The molecule has 2 heterocycles. The minimum atomic E-state index is 0.630. The molecule has 1 aromatic heterocycles. The fourth-order valence-corrected chi connectivity index (χ4v) is 4.00. The van der Waals surface area contributed by atoms with Gasteiger partial charge in [0.1, 0.15) is 0 Å². The number of ether oxygens (including phenoxy) is 1. The van der Waals surface area contributed by atoms with Gasteiger partial charge in [0, 0.05) is 42.6 Å². The maximum absolute atomic E-state index is 5.45. The summed E-state index contributed by atoms with van der Waals surface area (Å²) < 4.78 is 5.45. The standard InChI is InChI=1S/C24H24N4O/c1-17-5-2-3-8-22(17)18-13-19-16-25-24(27-23(19)14-18)26-20-6-4-7-21(15-20)28-9-11-29-12-10-28/h2-8,14-16H,9-13H2,1H3,(H,25,26,27). The third-order valence-corrected chi connectivity index (χ3v) is 5.56. The largest absolute Gasteiger partial charge is 0.378 e. The minimum absolute atomic E-state index is 0.630. The van der Waals surface area contributed by atoms with Gasteiger partial charge in [-0.1, -0.05) is 30.3 Å². The molecule has 146 valence electrons. The second kappa shape index (κ2) is 7.68. The van der Waals surface area contributed by atoms with E-state index in [1.54, 1.807) is 0 Å². The minimum Gasteiger partial charge on any atom is -0.378 e. The van der Waals surface area contributed by atoms with Gasteiger partial charge in [-0.15, -0.1) is 0 Å². The molecule has 1 N–H and O–H groups in total. The molecule has 1 aliphatic heterocycles. The van der Waals surface area contributed by atoms with Gasteiger partial charge in [-0.3, -0.25) is 0 Å². The molecule has 0 bridgehead atoms. The number of nitrogens with zero attached hydrogens (tertiary/aromatic N) is 3. The molecule has 1 fully saturated rings. The Morgan fingerprint density at radius 3 is 2.76 bits per heavy atom. The first-order valence-corrected chi connectivity index (χ1v) is 10.1. The molecule has 0 saturated carbocycles. The van der Waals surface area contributed by atoms with Crippen LogP contribution in [0.3, 0.4) is 0 Å². The SMILES string of the molecule is Cc1ccccc1C1=Cc2nc(Nc3cccc(N4CCOCC4)c3)ncc2C1. The zero-order valence-electron chi connectivity index (χ0n) is 16.6. The number of morpholine rings is 1. The smallest absolute Gasteiger partial charge is 0.227 e. The van der Waals surface area contributed by atoms with Crippen LogP contribution in [0.2, 0.25) is 0 Å². The van der Waals surface area contributed by atoms with E-state index < -0.39 is 0 Å². The van der Waals surface area contributed by atoms with E-state index in [1.165, 1.54) is 28.0 Å². The first-order valence-electron chi connectivity index (χ1n) is 10.1. The molecule has 0 amide bonds. The molecule has 2 aromatic carbocycles. The molecular weight excluding hydrogens is 360 g/mol. The predicted molar refractivity (Wildman–Crippen MR) is 118 cm³/mol. The first kappa shape index (κ1) is 17.9. The van der Waals surface area contributed by atoms with Crippen molar-refractivity contribution in [1.29, 1.82) is 0 Å². The number of rotatable bonds is 4. The van der Waals surface area contributed by atoms with Crippen molar-refractivity contribution < 1.29 is 4.74 Å². The average molecular weight is 384 g/mol. The highest BCUT2D eigenvalue weighted by Gasteiger charge is 2.18. The van der Waals surface area contributed by atoms with E-state index in [-0.39, 0.29) is 0 Å². The van der Waals surface area contributed by atoms with Gasteiger partial charge < -0.3 is 15.0 Å². The Kier molecular flexibility index (Phi) is 4.74. The Labute approximate surface area is 171 Å². The molecule has 0 radical (unpaired) electrons. The van der Waals surface area contributed by atoms with Gasteiger partial charge in [0.15, 0.2) is 0 Å². The lowest BCUT2D eigenvalue weighted by atomic mass is 9.99. The molecule has 0 spiro atoms. The molecule has 29 heavy (non-hydrogen) atoms. The lowest BCUT2D eigenvalue weighted by molar-refractivity contribution is 0.122. The molecule has 5 rings (SSSR count). The topological polar surface area (TPSA) is 50.3 Å². The summed E-state index contributed by atoms with van der Waals surface area (Å²) in [5.41, 5.74) is 8.26. The highest BCUT2D eigenvalue weighted by Crippen LogP contribution is 2.32. The molecule has 5 nitrogen and oxygen atoms in total. The van der Waals surface area contributed by atoms with Gasteiger partial charge in [0.25, 0.3) is 0 Å². The number of aryl methyl sites for hydroxylation is 1. The Bertz CT molecular complexity index is 1070. The van der Waals surface area contributed by atoms with Crippen LogP contribution in [0, 0.1) is 6.92 Å². The normalized spacial score (nSPS) is 15.8. The van der Waals surface area contributed by atoms with Crippen molar-refractivity contribution in [2.24, 2.45) is 0 Å². The highest BCUT2D eigenvalue weighted by atomic mass is 16.5. The number of aromatic nitrogens is 2. The Hall–Kier alpha value is -3.18. The Balaban J connectivity index is 1.37. The van der Waals surface area contributed by atoms with Crippen molar-refractivity contribution in [3.8, 4) is 0 Å². The van der Waals surface area contributed by atoms with Crippen molar-refractivity contribution in [2.75, 3.05) is 36.5 Å². The van der Waals surface area contributed by atoms with E-state index in [4.69, 9.17) is 9.72 Å². The van der Waals surface area contributed by atoms with Crippen molar-refractivity contribution in [3.05, 3.63) is 77.1 Å². The number of hydrogen-bond acceptors (Lipinski definition) is 5. The molecule has 0 atom stereocenters. The van der Waals surface area contributed by atoms with Crippen LogP contribution in [-0.2, 0) is 11.2 Å². The summed E-state index contributed by atoms with van der Waals surface area (Å²) in [4.78, 5) is 11.7. The van der Waals surface area contributed by atoms with Gasteiger partial charge in [0.2, 0.25) is 5.95 Å². The van der Waals surface area contributed by atoms with Gasteiger partial charge in [0.05, 0.1) is 18.9 Å². The van der Waals surface area contributed by atoms with E-state index in [0.29, 0.717) is 5.95 Å². The average Bonchev–Trinajstić information content (AvgIpc) is 3.18. The zero-order chi connectivity index (χ0) is 19.6. The van der Waals surface area contributed by atoms with Crippen LogP contribution in [0.5, 0.6) is 0 Å². The quantitative estimate of drug-likeness (QED) is 0.720. The van der Waals surface area contributed by atoms with Gasteiger partial charge in [-0.05, 0) is 47.9 Å². The summed E-state index contributed by atoms with van der Waals surface area (Å²) in [6, 6.07) is 16.9. The number of nitrogens with one attached hydrogen (secondary N) is 1. The second-order valence-electron chi connectivity index (χ2n) is 7.54. The molecule has 1 saturated heterocycles. The van der Waals surface area contributed by atoms with Gasteiger partial charge >= 0.3 is 0 Å². The van der Waals surface area contributed by atoms with E-state index in [9.17, 15) is 0 Å². The maximum atomic E-state index is 5.45. The number of benzene rings is 2. The fraction of sp³-hybridized carbons (Fsp3) is 0.250. The van der Waals surface area contributed by atoms with Crippen LogP contribution in [0.25, 0.3) is 11.6 Å². The molecular formula is C24H24N4O. The monoisotopic (exact) mass is 384 g/mol. The first-order chi connectivity index (χ1) is 14.3. The summed E-state index contributed by atoms with van der Waals surface area (Å²) in [5, 5.41) is 3.37. The molecule has 3 aromatic rings. The fourth-order valence-electron chi connectivity index (χ4n) is 4.00. The number of allylic oxidation sites excluding steroid dienone is 1. The molecule has 0 unspecified atom stereocenters. The van der Waals surface area contributed by atoms with Crippen molar-refractivity contribution in [3.63, 3.8) is 0 Å². The molecule has 5 heteroatoms. The summed E-state index contributed by atoms with van der Waals surface area (Å²) in [5.74, 6) is 0.630. The third-order valence-electron chi connectivity index (χ3n) is 5.56. The second-order valence-corrected chi connectivity index (χ2v) is 7.54.